The molecule has 0 aliphatic carbocycles. The van der Waals surface area contributed by atoms with Crippen LogP contribution in [0.1, 0.15) is 0 Å². The van der Waals surface area contributed by atoms with Crippen molar-refractivity contribution in [2.24, 2.45) is 0 Å². The first-order chi connectivity index (χ1) is 14.3. The molecule has 1 fully saturated rings. The summed E-state index contributed by atoms with van der Waals surface area (Å²) in [5.41, 5.74) is 10.2. The molecule has 0 atom stereocenters. The van der Waals surface area contributed by atoms with Crippen molar-refractivity contribution in [3.63, 3.8) is 0 Å². The number of nitrogens with two attached hydrogens (primary N) is 1. The van der Waals surface area contributed by atoms with E-state index in [2.05, 4.69) is 20.0 Å². The van der Waals surface area contributed by atoms with Gasteiger partial charge in [0, 0.05) is 43.2 Å². The molecule has 29 heavy (non-hydrogen) atoms. The molecule has 2 N–H and O–H groups in total. The van der Waals surface area contributed by atoms with Gasteiger partial charge in [0.2, 0.25) is 5.89 Å². The van der Waals surface area contributed by atoms with Crippen molar-refractivity contribution < 1.29 is 9.15 Å². The molecule has 4 heterocycles. The third-order valence-electron chi connectivity index (χ3n) is 5.16. The standard InChI is InChI=1S/C21H22N6O2/c22-20-17(21-25-18-3-1-2-4-19(18)29-21)11-15(12-23-20)16-13-24-27(14-16)6-5-26-7-9-28-10-8-26/h1-4,11-14H,5-10H2,(H2,22,23). The largest absolute Gasteiger partial charge is 0.436 e. The van der Waals surface area contributed by atoms with E-state index in [1.807, 2.05) is 47.4 Å². The first kappa shape index (κ1) is 17.8. The molecule has 0 saturated carbocycles. The van der Waals surface area contributed by atoms with E-state index in [1.54, 1.807) is 6.20 Å². The van der Waals surface area contributed by atoms with Crippen LogP contribution < -0.4 is 5.73 Å². The number of rotatable bonds is 5. The van der Waals surface area contributed by atoms with Crippen molar-refractivity contribution in [1.29, 1.82) is 0 Å². The fourth-order valence-corrected chi connectivity index (χ4v) is 3.50. The van der Waals surface area contributed by atoms with Crippen LogP contribution >= 0.6 is 0 Å². The highest BCUT2D eigenvalue weighted by Gasteiger charge is 2.15. The number of nitrogens with zero attached hydrogens (tertiary/aromatic N) is 5. The van der Waals surface area contributed by atoms with Crippen LogP contribution in [0, 0.1) is 0 Å². The minimum Gasteiger partial charge on any atom is -0.436 e. The quantitative estimate of drug-likeness (QED) is 0.560. The van der Waals surface area contributed by atoms with Crippen LogP contribution in [-0.4, -0.2) is 57.5 Å². The topological polar surface area (TPSA) is 95.2 Å². The summed E-state index contributed by atoms with van der Waals surface area (Å²) in [6, 6.07) is 9.60. The predicted octanol–water partition coefficient (Wildman–Crippen LogP) is 2.67. The number of fused-ring (bicyclic) bond motifs is 1. The van der Waals surface area contributed by atoms with Gasteiger partial charge in [0.25, 0.3) is 0 Å². The van der Waals surface area contributed by atoms with Crippen molar-refractivity contribution in [3.05, 3.63) is 48.9 Å². The normalized spacial score (nSPS) is 15.2. The summed E-state index contributed by atoms with van der Waals surface area (Å²) < 4.78 is 13.2. The molecule has 1 aliphatic rings. The average Bonchev–Trinajstić information content (AvgIpc) is 3.40. The number of hydrogen-bond acceptors (Lipinski definition) is 7. The Kier molecular flexibility index (Phi) is 4.71. The van der Waals surface area contributed by atoms with Crippen LogP contribution in [0.5, 0.6) is 0 Å². The molecule has 0 bridgehead atoms. The maximum Gasteiger partial charge on any atom is 0.231 e. The molecule has 0 amide bonds. The molecule has 1 saturated heterocycles. The average molecular weight is 390 g/mol. The lowest BCUT2D eigenvalue weighted by molar-refractivity contribution is 0.0360. The summed E-state index contributed by atoms with van der Waals surface area (Å²) in [6.45, 7) is 5.35. The Morgan fingerprint density at radius 2 is 1.90 bits per heavy atom. The summed E-state index contributed by atoms with van der Waals surface area (Å²) in [5, 5.41) is 4.50. The number of morpholine rings is 1. The number of ether oxygens (including phenoxy) is 1. The first-order valence-corrected chi connectivity index (χ1v) is 9.71. The van der Waals surface area contributed by atoms with Gasteiger partial charge in [-0.15, -0.1) is 0 Å². The summed E-state index contributed by atoms with van der Waals surface area (Å²) >= 11 is 0. The number of para-hydroxylation sites is 2. The van der Waals surface area contributed by atoms with Crippen LogP contribution in [0.15, 0.2) is 53.3 Å². The lowest BCUT2D eigenvalue weighted by atomic mass is 10.1. The van der Waals surface area contributed by atoms with E-state index in [1.165, 1.54) is 0 Å². The van der Waals surface area contributed by atoms with E-state index < -0.39 is 0 Å². The maximum absolute atomic E-state index is 6.11. The zero-order valence-corrected chi connectivity index (χ0v) is 16.0. The van der Waals surface area contributed by atoms with Gasteiger partial charge < -0.3 is 14.9 Å². The Morgan fingerprint density at radius 1 is 1.03 bits per heavy atom. The molecule has 8 heteroatoms. The Bertz CT molecular complexity index is 1100. The maximum atomic E-state index is 6.11. The lowest BCUT2D eigenvalue weighted by Crippen LogP contribution is -2.38. The number of hydrogen-bond donors (Lipinski definition) is 1. The summed E-state index contributed by atoms with van der Waals surface area (Å²) in [4.78, 5) is 11.3. The molecular weight excluding hydrogens is 368 g/mol. The molecule has 0 radical (unpaired) electrons. The second-order valence-corrected chi connectivity index (χ2v) is 7.09. The van der Waals surface area contributed by atoms with Gasteiger partial charge in [-0.1, -0.05) is 12.1 Å². The van der Waals surface area contributed by atoms with E-state index in [0.717, 1.165) is 61.6 Å². The molecule has 0 unspecified atom stereocenters. The Morgan fingerprint density at radius 3 is 2.76 bits per heavy atom. The number of aromatic nitrogens is 4. The smallest absolute Gasteiger partial charge is 0.231 e. The van der Waals surface area contributed by atoms with Gasteiger partial charge in [-0.05, 0) is 18.2 Å². The second-order valence-electron chi connectivity index (χ2n) is 7.09. The van der Waals surface area contributed by atoms with Gasteiger partial charge >= 0.3 is 0 Å². The fraction of sp³-hybridized carbons (Fsp3) is 0.286. The van der Waals surface area contributed by atoms with Crippen molar-refractivity contribution in [2.75, 3.05) is 38.6 Å². The third kappa shape index (κ3) is 3.72. The zero-order chi connectivity index (χ0) is 19.6. The van der Waals surface area contributed by atoms with Gasteiger partial charge in [0.05, 0.1) is 31.5 Å². The van der Waals surface area contributed by atoms with Gasteiger partial charge in [0.1, 0.15) is 11.3 Å². The molecule has 148 valence electrons. The Balaban J connectivity index is 1.37. The number of oxazole rings is 1. The van der Waals surface area contributed by atoms with Crippen molar-refractivity contribution in [3.8, 4) is 22.6 Å². The number of pyridine rings is 1. The van der Waals surface area contributed by atoms with E-state index in [-0.39, 0.29) is 0 Å². The number of nitrogen functional groups attached to an aromatic ring is 1. The van der Waals surface area contributed by atoms with Crippen LogP contribution in [0.2, 0.25) is 0 Å². The highest BCUT2D eigenvalue weighted by molar-refractivity contribution is 5.80. The fourth-order valence-electron chi connectivity index (χ4n) is 3.50. The molecule has 1 aliphatic heterocycles. The highest BCUT2D eigenvalue weighted by Crippen LogP contribution is 2.31. The highest BCUT2D eigenvalue weighted by atomic mass is 16.5. The zero-order valence-electron chi connectivity index (χ0n) is 16.0. The van der Waals surface area contributed by atoms with Crippen LogP contribution in [0.25, 0.3) is 33.7 Å². The summed E-state index contributed by atoms with van der Waals surface area (Å²) in [6.07, 6.45) is 5.64. The van der Waals surface area contributed by atoms with Gasteiger partial charge in [-0.25, -0.2) is 9.97 Å². The molecule has 1 aromatic carbocycles. The Labute approximate surface area is 167 Å². The number of anilines is 1. The van der Waals surface area contributed by atoms with Gasteiger partial charge in [0.15, 0.2) is 5.58 Å². The predicted molar refractivity (Wildman–Crippen MR) is 110 cm³/mol. The monoisotopic (exact) mass is 390 g/mol. The van der Waals surface area contributed by atoms with Gasteiger partial charge in [-0.3, -0.25) is 9.58 Å². The SMILES string of the molecule is Nc1ncc(-c2cnn(CCN3CCOCC3)c2)cc1-c1nc2ccccc2o1. The molecule has 8 nitrogen and oxygen atoms in total. The lowest BCUT2D eigenvalue weighted by Gasteiger charge is -2.26. The van der Waals surface area contributed by atoms with E-state index in [9.17, 15) is 0 Å². The van der Waals surface area contributed by atoms with E-state index in [0.29, 0.717) is 17.3 Å². The minimum absolute atomic E-state index is 0.389. The third-order valence-corrected chi connectivity index (χ3v) is 5.16. The molecule has 3 aromatic heterocycles. The summed E-state index contributed by atoms with van der Waals surface area (Å²) in [7, 11) is 0. The van der Waals surface area contributed by atoms with Crippen molar-refractivity contribution in [1.82, 2.24) is 24.6 Å². The first-order valence-electron chi connectivity index (χ1n) is 9.71. The number of benzene rings is 1. The van der Waals surface area contributed by atoms with Crippen molar-refractivity contribution in [2.45, 2.75) is 6.54 Å². The van der Waals surface area contributed by atoms with E-state index >= 15 is 0 Å². The van der Waals surface area contributed by atoms with Crippen LogP contribution in [-0.2, 0) is 11.3 Å². The molecular formula is C21H22N6O2. The second kappa shape index (κ2) is 7.65. The van der Waals surface area contributed by atoms with Crippen LogP contribution in [0.3, 0.4) is 0 Å². The summed E-state index contributed by atoms with van der Waals surface area (Å²) in [5.74, 6) is 0.859. The minimum atomic E-state index is 0.389. The molecule has 4 aromatic rings. The van der Waals surface area contributed by atoms with E-state index in [4.69, 9.17) is 14.9 Å². The van der Waals surface area contributed by atoms with Crippen molar-refractivity contribution >= 4 is 16.9 Å². The Hall–Kier alpha value is -3.23. The molecule has 0 spiro atoms. The van der Waals surface area contributed by atoms with Crippen LogP contribution in [0.4, 0.5) is 5.82 Å². The molecule has 5 rings (SSSR count). The van der Waals surface area contributed by atoms with Gasteiger partial charge in [-0.2, -0.15) is 5.10 Å².